The van der Waals surface area contributed by atoms with Gasteiger partial charge in [0.1, 0.15) is 0 Å². The van der Waals surface area contributed by atoms with Crippen molar-refractivity contribution in [2.75, 3.05) is 0 Å². The molecule has 0 saturated carbocycles. The summed E-state index contributed by atoms with van der Waals surface area (Å²) in [5.74, 6) is 1.03. The topological polar surface area (TPSA) is 0 Å². The van der Waals surface area contributed by atoms with Gasteiger partial charge in [-0.3, -0.25) is 0 Å². The zero-order valence-electron chi connectivity index (χ0n) is 24.5. The fourth-order valence-electron chi connectivity index (χ4n) is 5.59. The van der Waals surface area contributed by atoms with Crippen LogP contribution in [0, 0.1) is 12.8 Å². The van der Waals surface area contributed by atoms with Crippen molar-refractivity contribution in [2.24, 2.45) is 5.92 Å². The summed E-state index contributed by atoms with van der Waals surface area (Å²) < 4.78 is 0. The molecular weight excluding hydrogens is 408 g/mol. The molecule has 0 heteroatoms. The Hall–Kier alpha value is 0. The predicted molar refractivity (Wildman–Crippen MR) is 159 cm³/mol. The quantitative estimate of drug-likeness (QED) is 0.0902. The molecule has 1 unspecified atom stereocenters. The second kappa shape index (κ2) is 31.0. The first-order valence-corrected chi connectivity index (χ1v) is 16.6. The Balaban J connectivity index is 3.72. The molecule has 0 heterocycles. The zero-order valence-corrected chi connectivity index (χ0v) is 24.5. The maximum absolute atomic E-state index is 3.95. The van der Waals surface area contributed by atoms with Gasteiger partial charge in [0.25, 0.3) is 0 Å². The molecule has 0 nitrogen and oxygen atoms in total. The normalized spacial score (nSPS) is 12.4. The Morgan fingerprint density at radius 3 is 0.824 bits per heavy atom. The highest BCUT2D eigenvalue weighted by molar-refractivity contribution is 4.62. The van der Waals surface area contributed by atoms with Crippen LogP contribution in [-0.4, -0.2) is 0 Å². The number of hydrogen-bond donors (Lipinski definition) is 0. The highest BCUT2D eigenvalue weighted by atomic mass is 14.1. The van der Waals surface area contributed by atoms with Crippen molar-refractivity contribution in [3.05, 3.63) is 6.92 Å². The highest BCUT2D eigenvalue weighted by Crippen LogP contribution is 2.25. The predicted octanol–water partition coefficient (Wildman–Crippen LogP) is 13.2. The molecule has 0 bridgehead atoms. The van der Waals surface area contributed by atoms with E-state index in [2.05, 4.69) is 20.8 Å². The minimum absolute atomic E-state index is 1.03. The average molecular weight is 478 g/mol. The van der Waals surface area contributed by atoms with Crippen molar-refractivity contribution >= 4 is 0 Å². The van der Waals surface area contributed by atoms with E-state index in [9.17, 15) is 0 Å². The SMILES string of the molecule is [CH2]CCCCCCCCCCCC(CCCCCCC)CCCCCCCCCCCCCC. The molecule has 1 radical (unpaired) electrons. The maximum Gasteiger partial charge on any atom is -0.0414 e. The van der Waals surface area contributed by atoms with Crippen molar-refractivity contribution in [1.82, 2.24) is 0 Å². The molecule has 0 aromatic carbocycles. The lowest BCUT2D eigenvalue weighted by Crippen LogP contribution is -2.01. The maximum atomic E-state index is 3.95. The van der Waals surface area contributed by atoms with Gasteiger partial charge in [0.05, 0.1) is 0 Å². The van der Waals surface area contributed by atoms with Crippen LogP contribution in [0.3, 0.4) is 0 Å². The Labute approximate surface area is 219 Å². The van der Waals surface area contributed by atoms with Crippen molar-refractivity contribution < 1.29 is 0 Å². The first-order chi connectivity index (χ1) is 16.8. The second-order valence-electron chi connectivity index (χ2n) is 11.6. The van der Waals surface area contributed by atoms with E-state index < -0.39 is 0 Å². The van der Waals surface area contributed by atoms with Crippen LogP contribution in [0.1, 0.15) is 206 Å². The molecule has 0 aliphatic carbocycles. The zero-order chi connectivity index (χ0) is 24.8. The molecule has 0 fully saturated rings. The summed E-state index contributed by atoms with van der Waals surface area (Å²) in [6.07, 6.45) is 43.7. The Morgan fingerprint density at radius 2 is 0.559 bits per heavy atom. The molecular formula is C34H69. The molecule has 34 heavy (non-hydrogen) atoms. The lowest BCUT2D eigenvalue weighted by atomic mass is 9.89. The van der Waals surface area contributed by atoms with Crippen LogP contribution >= 0.6 is 0 Å². The van der Waals surface area contributed by atoms with E-state index in [1.54, 1.807) is 0 Å². The van der Waals surface area contributed by atoms with Gasteiger partial charge in [-0.05, 0) is 5.92 Å². The Morgan fingerprint density at radius 1 is 0.324 bits per heavy atom. The van der Waals surface area contributed by atoms with Crippen molar-refractivity contribution in [2.45, 2.75) is 206 Å². The van der Waals surface area contributed by atoms with Gasteiger partial charge in [-0.25, -0.2) is 0 Å². The van der Waals surface area contributed by atoms with Gasteiger partial charge in [-0.15, -0.1) is 0 Å². The minimum Gasteiger partial charge on any atom is -0.0654 e. The van der Waals surface area contributed by atoms with E-state index in [1.165, 1.54) is 186 Å². The molecule has 0 rings (SSSR count). The summed E-state index contributed by atoms with van der Waals surface area (Å²) in [5.41, 5.74) is 0. The molecule has 1 atom stereocenters. The molecule has 0 aliphatic rings. The molecule has 0 aliphatic heterocycles. The van der Waals surface area contributed by atoms with Gasteiger partial charge in [-0.1, -0.05) is 213 Å². The van der Waals surface area contributed by atoms with Gasteiger partial charge in [0.15, 0.2) is 0 Å². The fraction of sp³-hybridized carbons (Fsp3) is 0.971. The summed E-state index contributed by atoms with van der Waals surface area (Å²) in [6, 6.07) is 0. The summed E-state index contributed by atoms with van der Waals surface area (Å²) >= 11 is 0. The van der Waals surface area contributed by atoms with Gasteiger partial charge >= 0.3 is 0 Å². The van der Waals surface area contributed by atoms with Gasteiger partial charge in [0, 0.05) is 0 Å². The van der Waals surface area contributed by atoms with Gasteiger partial charge in [-0.2, -0.15) is 0 Å². The highest BCUT2D eigenvalue weighted by Gasteiger charge is 2.08. The van der Waals surface area contributed by atoms with E-state index in [1.807, 2.05) is 0 Å². The van der Waals surface area contributed by atoms with Crippen molar-refractivity contribution in [3.8, 4) is 0 Å². The molecule has 0 spiro atoms. The third-order valence-electron chi connectivity index (χ3n) is 8.04. The van der Waals surface area contributed by atoms with E-state index >= 15 is 0 Å². The van der Waals surface area contributed by atoms with Crippen LogP contribution in [0.2, 0.25) is 0 Å². The van der Waals surface area contributed by atoms with Crippen LogP contribution in [0.4, 0.5) is 0 Å². The first kappa shape index (κ1) is 34.0. The lowest BCUT2D eigenvalue weighted by molar-refractivity contribution is 0.365. The number of hydrogen-bond acceptors (Lipinski definition) is 0. The second-order valence-corrected chi connectivity index (χ2v) is 11.6. The average Bonchev–Trinajstić information content (AvgIpc) is 2.85. The van der Waals surface area contributed by atoms with Crippen molar-refractivity contribution in [1.29, 1.82) is 0 Å². The van der Waals surface area contributed by atoms with Crippen LogP contribution < -0.4 is 0 Å². The summed E-state index contributed by atoms with van der Waals surface area (Å²) in [4.78, 5) is 0. The molecule has 0 amide bonds. The van der Waals surface area contributed by atoms with Crippen LogP contribution in [-0.2, 0) is 0 Å². The smallest absolute Gasteiger partial charge is 0.0414 e. The molecule has 0 N–H and O–H groups in total. The molecule has 205 valence electrons. The molecule has 0 aromatic rings. The number of unbranched alkanes of at least 4 members (excludes halogenated alkanes) is 24. The van der Waals surface area contributed by atoms with Crippen LogP contribution in [0.5, 0.6) is 0 Å². The largest absolute Gasteiger partial charge is 0.0654 e. The molecule has 0 saturated heterocycles. The van der Waals surface area contributed by atoms with E-state index in [0.717, 1.165) is 12.3 Å². The van der Waals surface area contributed by atoms with Crippen molar-refractivity contribution in [3.63, 3.8) is 0 Å². The standard InChI is InChI=1S/C34H69/c1-4-7-10-13-15-17-19-20-22-24-27-30-33-34(31-28-25-12-9-6-3)32-29-26-23-21-18-16-14-11-8-5-2/h34H,2,4-33H2,1,3H3. The van der Waals surface area contributed by atoms with E-state index in [4.69, 9.17) is 0 Å². The van der Waals surface area contributed by atoms with Gasteiger partial charge in [0.2, 0.25) is 0 Å². The van der Waals surface area contributed by atoms with Gasteiger partial charge < -0.3 is 0 Å². The van der Waals surface area contributed by atoms with Crippen LogP contribution in [0.25, 0.3) is 0 Å². The fourth-order valence-corrected chi connectivity index (χ4v) is 5.59. The Kier molecular flexibility index (Phi) is 31.0. The first-order valence-electron chi connectivity index (χ1n) is 16.6. The monoisotopic (exact) mass is 478 g/mol. The van der Waals surface area contributed by atoms with Crippen LogP contribution in [0.15, 0.2) is 0 Å². The minimum atomic E-state index is 1.03. The summed E-state index contributed by atoms with van der Waals surface area (Å²) in [5, 5.41) is 0. The summed E-state index contributed by atoms with van der Waals surface area (Å²) in [7, 11) is 0. The lowest BCUT2D eigenvalue weighted by Gasteiger charge is -2.17. The molecule has 0 aromatic heterocycles. The summed E-state index contributed by atoms with van der Waals surface area (Å²) in [6.45, 7) is 8.59. The third kappa shape index (κ3) is 28.2. The number of rotatable bonds is 30. The third-order valence-corrected chi connectivity index (χ3v) is 8.04. The van der Waals surface area contributed by atoms with E-state index in [-0.39, 0.29) is 0 Å². The van der Waals surface area contributed by atoms with E-state index in [0.29, 0.717) is 0 Å². The Bertz CT molecular complexity index is 333.